The van der Waals surface area contributed by atoms with Gasteiger partial charge in [-0.2, -0.15) is 5.10 Å². The van der Waals surface area contributed by atoms with Crippen LogP contribution < -0.4 is 5.32 Å². The Bertz CT molecular complexity index is 1460. The maximum atomic E-state index is 14.7. The predicted molar refractivity (Wildman–Crippen MR) is 125 cm³/mol. The topological polar surface area (TPSA) is 110 Å². The second-order valence-corrected chi connectivity index (χ2v) is 10.7. The number of hydrogen-bond donors (Lipinski definition) is 2. The Morgan fingerprint density at radius 1 is 1.12 bits per heavy atom. The van der Waals surface area contributed by atoms with Crippen LogP contribution in [0.4, 0.5) is 16.0 Å². The fourth-order valence-electron chi connectivity index (χ4n) is 3.89. The number of anilines is 2. The Hall–Kier alpha value is -3.37. The molecule has 3 heterocycles. The number of aliphatic hydroxyl groups is 1. The Kier molecular flexibility index (Phi) is 5.67. The first kappa shape index (κ1) is 22.8. The molecule has 0 amide bonds. The quantitative estimate of drug-likeness (QED) is 0.443. The van der Waals surface area contributed by atoms with Crippen LogP contribution >= 0.6 is 0 Å². The van der Waals surface area contributed by atoms with Gasteiger partial charge < -0.3 is 10.4 Å². The van der Waals surface area contributed by atoms with E-state index in [1.54, 1.807) is 62.0 Å². The maximum Gasteiger partial charge on any atom is 0.151 e. The summed E-state index contributed by atoms with van der Waals surface area (Å²) in [5.74, 6) is 0.131. The van der Waals surface area contributed by atoms with Gasteiger partial charge in [0.1, 0.15) is 23.1 Å². The Labute approximate surface area is 191 Å². The molecule has 0 saturated carbocycles. The first-order chi connectivity index (χ1) is 15.4. The summed E-state index contributed by atoms with van der Waals surface area (Å²) in [6.45, 7) is 3.35. The number of aryl methyl sites for hydroxylation is 1. The lowest BCUT2D eigenvalue weighted by atomic mass is 9.98. The highest BCUT2D eigenvalue weighted by Crippen LogP contribution is 2.33. The molecule has 1 aromatic carbocycles. The molecule has 0 bridgehead atoms. The van der Waals surface area contributed by atoms with Gasteiger partial charge in [0, 0.05) is 30.4 Å². The number of hydrogen-bond acceptors (Lipinski definition) is 7. The highest BCUT2D eigenvalue weighted by molar-refractivity contribution is 7.89. The van der Waals surface area contributed by atoms with E-state index in [9.17, 15) is 17.9 Å². The molecule has 0 fully saturated rings. The van der Waals surface area contributed by atoms with E-state index in [0.717, 1.165) is 17.8 Å². The molecule has 0 spiro atoms. The number of nitrogens with zero attached hydrogens (tertiary/aromatic N) is 4. The molecule has 33 heavy (non-hydrogen) atoms. The van der Waals surface area contributed by atoms with Crippen LogP contribution in [0.2, 0.25) is 0 Å². The monoisotopic (exact) mass is 469 g/mol. The largest absolute Gasteiger partial charge is 0.384 e. The molecule has 0 aliphatic carbocycles. The molecular weight excluding hydrogens is 445 g/mol. The number of benzene rings is 1. The number of aromatic nitrogens is 4. The van der Waals surface area contributed by atoms with Gasteiger partial charge >= 0.3 is 0 Å². The summed E-state index contributed by atoms with van der Waals surface area (Å²) in [4.78, 5) is 8.28. The highest BCUT2D eigenvalue weighted by atomic mass is 32.2. The van der Waals surface area contributed by atoms with Gasteiger partial charge in [0.05, 0.1) is 23.2 Å². The van der Waals surface area contributed by atoms with Crippen LogP contribution in [-0.4, -0.2) is 39.5 Å². The van der Waals surface area contributed by atoms with Crippen LogP contribution in [0.5, 0.6) is 0 Å². The first-order valence-electron chi connectivity index (χ1n) is 10.2. The molecule has 0 unspecified atom stereocenters. The van der Waals surface area contributed by atoms with Crippen molar-refractivity contribution in [2.75, 3.05) is 11.6 Å². The van der Waals surface area contributed by atoms with Crippen LogP contribution in [-0.2, 0) is 28.2 Å². The summed E-state index contributed by atoms with van der Waals surface area (Å²) in [5.41, 5.74) is 1.68. The van der Waals surface area contributed by atoms with E-state index in [1.807, 2.05) is 0 Å². The van der Waals surface area contributed by atoms with E-state index in [0.29, 0.717) is 39.5 Å². The zero-order valence-electron chi connectivity index (χ0n) is 18.7. The van der Waals surface area contributed by atoms with Crippen molar-refractivity contribution in [3.05, 3.63) is 65.9 Å². The van der Waals surface area contributed by atoms with Gasteiger partial charge in [-0.05, 0) is 55.3 Å². The predicted octanol–water partition coefficient (Wildman–Crippen LogP) is 3.69. The summed E-state index contributed by atoms with van der Waals surface area (Å²) in [6.07, 6.45) is 3.78. The van der Waals surface area contributed by atoms with Crippen LogP contribution in [0.25, 0.3) is 22.0 Å². The van der Waals surface area contributed by atoms with Crippen LogP contribution in [0.15, 0.2) is 48.8 Å². The van der Waals surface area contributed by atoms with Gasteiger partial charge in [0.2, 0.25) is 0 Å². The normalized spacial score (nSPS) is 12.3. The summed E-state index contributed by atoms with van der Waals surface area (Å²) < 4.78 is 39.5. The van der Waals surface area contributed by atoms with E-state index in [4.69, 9.17) is 0 Å². The van der Waals surface area contributed by atoms with E-state index < -0.39 is 21.3 Å². The van der Waals surface area contributed by atoms with E-state index >= 15 is 0 Å². The van der Waals surface area contributed by atoms with Gasteiger partial charge in [0.15, 0.2) is 9.84 Å². The van der Waals surface area contributed by atoms with Crippen LogP contribution in [0.1, 0.15) is 25.1 Å². The fourth-order valence-corrected chi connectivity index (χ4v) is 4.67. The lowest BCUT2D eigenvalue weighted by molar-refractivity contribution is 0.0711. The summed E-state index contributed by atoms with van der Waals surface area (Å²) in [5, 5.41) is 18.7. The van der Waals surface area contributed by atoms with Crippen molar-refractivity contribution in [3.63, 3.8) is 0 Å². The molecule has 0 aliphatic heterocycles. The maximum absolute atomic E-state index is 14.7. The molecule has 0 atom stereocenters. The number of fused-ring (bicyclic) bond motifs is 1. The van der Waals surface area contributed by atoms with Gasteiger partial charge in [0.25, 0.3) is 0 Å². The second-order valence-electron chi connectivity index (χ2n) is 8.56. The van der Waals surface area contributed by atoms with Crippen molar-refractivity contribution in [3.8, 4) is 11.1 Å². The van der Waals surface area contributed by atoms with Crippen molar-refractivity contribution < 1.29 is 17.9 Å². The van der Waals surface area contributed by atoms with E-state index in [-0.39, 0.29) is 5.75 Å². The SMILES string of the molecule is Cn1nc2ccc(-c3cc(Nc4cc(CS(C)(=O)=O)ccn4)ncc3F)cc2c1C(C)(C)O. The van der Waals surface area contributed by atoms with Crippen molar-refractivity contribution >= 4 is 32.4 Å². The van der Waals surface area contributed by atoms with Crippen LogP contribution in [0.3, 0.4) is 0 Å². The minimum Gasteiger partial charge on any atom is -0.384 e. The lowest BCUT2D eigenvalue weighted by Gasteiger charge is -2.18. The van der Waals surface area contributed by atoms with Crippen LogP contribution in [0, 0.1) is 5.82 Å². The van der Waals surface area contributed by atoms with Gasteiger partial charge in [-0.1, -0.05) is 6.07 Å². The molecule has 0 saturated heterocycles. The minimum absolute atomic E-state index is 0.110. The first-order valence-corrected chi connectivity index (χ1v) is 12.2. The number of halogens is 1. The minimum atomic E-state index is -3.19. The molecule has 2 N–H and O–H groups in total. The van der Waals surface area contributed by atoms with Crippen molar-refractivity contribution in [2.45, 2.75) is 25.2 Å². The summed E-state index contributed by atoms with van der Waals surface area (Å²) in [7, 11) is -1.43. The lowest BCUT2D eigenvalue weighted by Crippen LogP contribution is -2.20. The number of rotatable bonds is 6. The zero-order valence-corrected chi connectivity index (χ0v) is 19.5. The molecular formula is C23H24FN5O3S. The van der Waals surface area contributed by atoms with Gasteiger partial charge in [-0.15, -0.1) is 0 Å². The number of sulfone groups is 1. The summed E-state index contributed by atoms with van der Waals surface area (Å²) >= 11 is 0. The molecule has 4 aromatic rings. The fraction of sp³-hybridized carbons (Fsp3) is 0.261. The molecule has 8 nitrogen and oxygen atoms in total. The Morgan fingerprint density at radius 2 is 1.85 bits per heavy atom. The third kappa shape index (κ3) is 5.01. The summed E-state index contributed by atoms with van der Waals surface area (Å²) in [6, 6.07) is 10.1. The zero-order chi connectivity index (χ0) is 24.0. The third-order valence-electron chi connectivity index (χ3n) is 5.09. The van der Waals surface area contributed by atoms with Crippen molar-refractivity contribution in [2.24, 2.45) is 7.05 Å². The van der Waals surface area contributed by atoms with E-state index in [1.165, 1.54) is 6.20 Å². The third-order valence-corrected chi connectivity index (χ3v) is 5.95. The average molecular weight is 470 g/mol. The molecule has 3 aromatic heterocycles. The highest BCUT2D eigenvalue weighted by Gasteiger charge is 2.24. The Morgan fingerprint density at radius 3 is 2.55 bits per heavy atom. The second kappa shape index (κ2) is 8.20. The molecule has 0 radical (unpaired) electrons. The number of nitrogens with one attached hydrogen (secondary N) is 1. The van der Waals surface area contributed by atoms with Crippen molar-refractivity contribution in [1.29, 1.82) is 0 Å². The molecule has 10 heteroatoms. The smallest absolute Gasteiger partial charge is 0.151 e. The average Bonchev–Trinajstić information content (AvgIpc) is 3.03. The molecule has 0 aliphatic rings. The van der Waals surface area contributed by atoms with Gasteiger partial charge in [-0.3, -0.25) is 4.68 Å². The van der Waals surface area contributed by atoms with E-state index in [2.05, 4.69) is 20.4 Å². The Balaban J connectivity index is 1.71. The van der Waals surface area contributed by atoms with Gasteiger partial charge in [-0.25, -0.2) is 22.8 Å². The molecule has 4 rings (SSSR count). The number of pyridine rings is 2. The van der Waals surface area contributed by atoms with Crippen molar-refractivity contribution in [1.82, 2.24) is 19.7 Å². The standard InChI is InChI=1S/C23H24FN5O3S/c1-23(2,30)22-17-10-15(5-6-19(17)28-29(22)3)16-11-21(26-12-18(16)24)27-20-9-14(7-8-25-20)13-33(4,31)32/h5-12,30H,13H2,1-4H3,(H,25,26,27). The molecule has 172 valence electrons.